The third-order valence-corrected chi connectivity index (χ3v) is 2.92. The monoisotopic (exact) mass is 268 g/mol. The zero-order chi connectivity index (χ0) is 14.1. The van der Waals surface area contributed by atoms with Gasteiger partial charge in [0.15, 0.2) is 5.82 Å². The van der Waals surface area contributed by atoms with Gasteiger partial charge in [0.1, 0.15) is 12.0 Å². The molecule has 6 nitrogen and oxygen atoms in total. The molecule has 1 rings (SSSR count). The third kappa shape index (κ3) is 4.90. The summed E-state index contributed by atoms with van der Waals surface area (Å²) in [5.41, 5.74) is 6.38. The Morgan fingerprint density at radius 2 is 2.16 bits per heavy atom. The van der Waals surface area contributed by atoms with Gasteiger partial charge in [0.25, 0.3) is 0 Å². The molecule has 1 aromatic heterocycles. The predicted octanol–water partition coefficient (Wildman–Crippen LogP) is 1.67. The van der Waals surface area contributed by atoms with Crippen LogP contribution in [-0.2, 0) is 0 Å². The maximum absolute atomic E-state index is 9.03. The van der Waals surface area contributed by atoms with E-state index in [2.05, 4.69) is 22.2 Å². The van der Waals surface area contributed by atoms with Crippen LogP contribution in [0.3, 0.4) is 0 Å². The second-order valence-corrected chi connectivity index (χ2v) is 4.42. The van der Waals surface area contributed by atoms with Gasteiger partial charge in [-0.05, 0) is 25.7 Å². The van der Waals surface area contributed by atoms with Crippen LogP contribution in [0.15, 0.2) is 6.33 Å². The van der Waals surface area contributed by atoms with Crippen LogP contribution in [0.1, 0.15) is 33.1 Å². The summed E-state index contributed by atoms with van der Waals surface area (Å²) in [6, 6.07) is 0. The van der Waals surface area contributed by atoms with E-state index in [1.807, 2.05) is 6.92 Å². The summed E-state index contributed by atoms with van der Waals surface area (Å²) in [6.07, 6.45) is 4.38. The molecule has 1 aromatic rings. The number of anilines is 2. The smallest absolute Gasteiger partial charge is 0.242 e. The van der Waals surface area contributed by atoms with Crippen LogP contribution in [0.5, 0.6) is 5.88 Å². The zero-order valence-corrected chi connectivity index (χ0v) is 11.7. The zero-order valence-electron chi connectivity index (χ0n) is 11.7. The Hall–Kier alpha value is -1.56. The lowest BCUT2D eigenvalue weighted by Gasteiger charge is -2.17. The van der Waals surface area contributed by atoms with Gasteiger partial charge in [0.05, 0.1) is 6.61 Å². The SMILES string of the molecule is CCCC(CCO)CNc1ncnc(OCC)c1N. The molecule has 1 heterocycles. The van der Waals surface area contributed by atoms with Crippen molar-refractivity contribution in [1.82, 2.24) is 9.97 Å². The third-order valence-electron chi connectivity index (χ3n) is 2.92. The molecule has 0 saturated heterocycles. The second-order valence-electron chi connectivity index (χ2n) is 4.42. The molecule has 0 spiro atoms. The van der Waals surface area contributed by atoms with E-state index in [1.54, 1.807) is 0 Å². The largest absolute Gasteiger partial charge is 0.476 e. The summed E-state index contributed by atoms with van der Waals surface area (Å²) < 4.78 is 5.32. The molecule has 1 atom stereocenters. The first kappa shape index (κ1) is 15.5. The van der Waals surface area contributed by atoms with E-state index in [0.717, 1.165) is 25.8 Å². The number of hydrogen-bond acceptors (Lipinski definition) is 6. The number of rotatable bonds is 9. The summed E-state index contributed by atoms with van der Waals surface area (Å²) in [7, 11) is 0. The maximum atomic E-state index is 9.03. The fourth-order valence-electron chi connectivity index (χ4n) is 1.95. The van der Waals surface area contributed by atoms with Crippen molar-refractivity contribution in [3.05, 3.63) is 6.33 Å². The lowest BCUT2D eigenvalue weighted by molar-refractivity contribution is 0.255. The number of nitrogens with one attached hydrogen (secondary N) is 1. The highest BCUT2D eigenvalue weighted by atomic mass is 16.5. The summed E-state index contributed by atoms with van der Waals surface area (Å²) in [5.74, 6) is 1.42. The lowest BCUT2D eigenvalue weighted by Crippen LogP contribution is -2.17. The lowest BCUT2D eigenvalue weighted by atomic mass is 10.0. The molecular weight excluding hydrogens is 244 g/mol. The summed E-state index contributed by atoms with van der Waals surface area (Å²) in [5, 5.41) is 12.2. The average molecular weight is 268 g/mol. The number of nitrogen functional groups attached to an aromatic ring is 1. The van der Waals surface area contributed by atoms with E-state index in [0.29, 0.717) is 29.9 Å². The minimum absolute atomic E-state index is 0.204. The molecule has 4 N–H and O–H groups in total. The van der Waals surface area contributed by atoms with Crippen LogP contribution in [0.25, 0.3) is 0 Å². The van der Waals surface area contributed by atoms with E-state index in [9.17, 15) is 0 Å². The molecule has 108 valence electrons. The molecule has 0 aliphatic heterocycles. The van der Waals surface area contributed by atoms with Gasteiger partial charge in [0.2, 0.25) is 5.88 Å². The quantitative estimate of drug-likeness (QED) is 0.631. The Labute approximate surface area is 114 Å². The number of ether oxygens (including phenoxy) is 1. The van der Waals surface area contributed by atoms with Crippen LogP contribution < -0.4 is 15.8 Å². The predicted molar refractivity (Wildman–Crippen MR) is 76.2 cm³/mol. The first-order valence-electron chi connectivity index (χ1n) is 6.80. The molecule has 6 heteroatoms. The number of aliphatic hydroxyl groups excluding tert-OH is 1. The Balaban J connectivity index is 2.63. The molecule has 0 bridgehead atoms. The van der Waals surface area contributed by atoms with Crippen molar-refractivity contribution in [2.75, 3.05) is 30.8 Å². The number of aliphatic hydroxyl groups is 1. The van der Waals surface area contributed by atoms with Crippen molar-refractivity contribution in [1.29, 1.82) is 0 Å². The molecule has 0 fully saturated rings. The highest BCUT2D eigenvalue weighted by molar-refractivity contribution is 5.66. The van der Waals surface area contributed by atoms with Crippen LogP contribution >= 0.6 is 0 Å². The number of nitrogens with two attached hydrogens (primary N) is 1. The van der Waals surface area contributed by atoms with E-state index >= 15 is 0 Å². The van der Waals surface area contributed by atoms with Crippen molar-refractivity contribution in [3.63, 3.8) is 0 Å². The van der Waals surface area contributed by atoms with E-state index in [4.69, 9.17) is 15.6 Å². The minimum Gasteiger partial charge on any atom is -0.476 e. The van der Waals surface area contributed by atoms with Crippen LogP contribution in [0, 0.1) is 5.92 Å². The molecule has 0 aromatic carbocycles. The first-order valence-corrected chi connectivity index (χ1v) is 6.80. The minimum atomic E-state index is 0.204. The van der Waals surface area contributed by atoms with E-state index < -0.39 is 0 Å². The Kier molecular flexibility index (Phi) is 6.95. The van der Waals surface area contributed by atoms with Crippen LogP contribution in [-0.4, -0.2) is 34.8 Å². The van der Waals surface area contributed by atoms with Crippen LogP contribution in [0.2, 0.25) is 0 Å². The highest BCUT2D eigenvalue weighted by Gasteiger charge is 2.11. The van der Waals surface area contributed by atoms with Crippen molar-refractivity contribution in [2.45, 2.75) is 33.1 Å². The summed E-state index contributed by atoms with van der Waals surface area (Å²) in [4.78, 5) is 8.11. The van der Waals surface area contributed by atoms with Gasteiger partial charge >= 0.3 is 0 Å². The van der Waals surface area contributed by atoms with Gasteiger partial charge in [-0.15, -0.1) is 0 Å². The van der Waals surface area contributed by atoms with Gasteiger partial charge in [-0.1, -0.05) is 13.3 Å². The fraction of sp³-hybridized carbons (Fsp3) is 0.692. The van der Waals surface area contributed by atoms with Gasteiger partial charge in [0, 0.05) is 13.2 Å². The number of aromatic nitrogens is 2. The highest BCUT2D eigenvalue weighted by Crippen LogP contribution is 2.25. The molecule has 0 saturated carbocycles. The maximum Gasteiger partial charge on any atom is 0.242 e. The van der Waals surface area contributed by atoms with Gasteiger partial charge in [-0.25, -0.2) is 4.98 Å². The summed E-state index contributed by atoms with van der Waals surface area (Å²) >= 11 is 0. The molecule has 0 radical (unpaired) electrons. The van der Waals surface area contributed by atoms with E-state index in [-0.39, 0.29) is 6.61 Å². The number of nitrogens with zero attached hydrogens (tertiary/aromatic N) is 2. The van der Waals surface area contributed by atoms with Crippen LogP contribution in [0.4, 0.5) is 11.5 Å². The Morgan fingerprint density at radius 3 is 2.79 bits per heavy atom. The number of hydrogen-bond donors (Lipinski definition) is 3. The molecule has 0 aliphatic rings. The van der Waals surface area contributed by atoms with Crippen molar-refractivity contribution >= 4 is 11.5 Å². The van der Waals surface area contributed by atoms with Crippen molar-refractivity contribution < 1.29 is 9.84 Å². The second kappa shape index (κ2) is 8.53. The fourth-order valence-corrected chi connectivity index (χ4v) is 1.95. The summed E-state index contributed by atoms with van der Waals surface area (Å²) in [6.45, 7) is 5.48. The van der Waals surface area contributed by atoms with Crippen molar-refractivity contribution in [3.8, 4) is 5.88 Å². The first-order chi connectivity index (χ1) is 9.22. The molecular formula is C13H24N4O2. The molecule has 0 amide bonds. The van der Waals surface area contributed by atoms with Crippen molar-refractivity contribution in [2.24, 2.45) is 5.92 Å². The Bertz CT molecular complexity index is 368. The topological polar surface area (TPSA) is 93.3 Å². The van der Waals surface area contributed by atoms with Gasteiger partial charge in [-0.2, -0.15) is 4.98 Å². The van der Waals surface area contributed by atoms with E-state index in [1.165, 1.54) is 6.33 Å². The molecule has 0 aliphatic carbocycles. The average Bonchev–Trinajstić information content (AvgIpc) is 2.40. The molecule has 19 heavy (non-hydrogen) atoms. The normalized spacial score (nSPS) is 12.2. The molecule has 1 unspecified atom stereocenters. The van der Waals surface area contributed by atoms with Gasteiger partial charge in [-0.3, -0.25) is 0 Å². The standard InChI is InChI=1S/C13H24N4O2/c1-3-5-10(6-7-18)8-15-12-11(14)13(19-4-2)17-9-16-12/h9-10,18H,3-8,14H2,1-2H3,(H,15,16,17). The Morgan fingerprint density at radius 1 is 1.37 bits per heavy atom. The van der Waals surface area contributed by atoms with Gasteiger partial charge < -0.3 is 20.9 Å².